The maximum absolute atomic E-state index is 11.4. The van der Waals surface area contributed by atoms with E-state index in [0.29, 0.717) is 12.6 Å². The molecule has 1 rings (SSSR count). The standard InChI is InChI=1S/C13H26N2O2/c1-11(17-2)13(16)15-10-9-14-12-7-5-3-4-6-8-12/h11-12,14H,3-10H2,1-2H3,(H,15,16)/t11-/m0/s1. The van der Waals surface area contributed by atoms with E-state index in [0.717, 1.165) is 6.54 Å². The fourth-order valence-corrected chi connectivity index (χ4v) is 2.20. The van der Waals surface area contributed by atoms with Gasteiger partial charge in [0, 0.05) is 26.2 Å². The third-order valence-electron chi connectivity index (χ3n) is 3.44. The first-order valence-electron chi connectivity index (χ1n) is 6.78. The van der Waals surface area contributed by atoms with Crippen molar-refractivity contribution < 1.29 is 9.53 Å². The minimum atomic E-state index is -0.354. The second-order valence-corrected chi connectivity index (χ2v) is 4.81. The predicted octanol–water partition coefficient (Wildman–Crippen LogP) is 1.45. The molecule has 17 heavy (non-hydrogen) atoms. The first-order valence-corrected chi connectivity index (χ1v) is 6.78. The molecule has 0 heterocycles. The molecular weight excluding hydrogens is 216 g/mol. The van der Waals surface area contributed by atoms with Crippen LogP contribution in [0.25, 0.3) is 0 Å². The van der Waals surface area contributed by atoms with Gasteiger partial charge in [-0.25, -0.2) is 0 Å². The van der Waals surface area contributed by atoms with E-state index in [4.69, 9.17) is 4.74 Å². The Morgan fingerprint density at radius 3 is 2.47 bits per heavy atom. The molecule has 100 valence electrons. The number of carbonyl (C=O) groups excluding carboxylic acids is 1. The van der Waals surface area contributed by atoms with Crippen molar-refractivity contribution in [3.63, 3.8) is 0 Å². The zero-order valence-corrected chi connectivity index (χ0v) is 11.1. The van der Waals surface area contributed by atoms with E-state index in [9.17, 15) is 4.79 Å². The van der Waals surface area contributed by atoms with Gasteiger partial charge in [0.25, 0.3) is 0 Å². The number of amides is 1. The Labute approximate surface area is 104 Å². The van der Waals surface area contributed by atoms with Gasteiger partial charge < -0.3 is 15.4 Å². The topological polar surface area (TPSA) is 50.4 Å². The highest BCUT2D eigenvalue weighted by Crippen LogP contribution is 2.16. The Morgan fingerprint density at radius 2 is 1.88 bits per heavy atom. The molecule has 0 aromatic heterocycles. The highest BCUT2D eigenvalue weighted by atomic mass is 16.5. The van der Waals surface area contributed by atoms with Gasteiger partial charge in [0.2, 0.25) is 5.91 Å². The summed E-state index contributed by atoms with van der Waals surface area (Å²) in [5.74, 6) is -0.0323. The van der Waals surface area contributed by atoms with Crippen molar-refractivity contribution in [2.45, 2.75) is 57.6 Å². The van der Waals surface area contributed by atoms with Gasteiger partial charge in [-0.1, -0.05) is 25.7 Å². The number of rotatable bonds is 6. The summed E-state index contributed by atoms with van der Waals surface area (Å²) in [4.78, 5) is 11.4. The molecule has 0 spiro atoms. The molecule has 2 N–H and O–H groups in total. The second kappa shape index (κ2) is 8.48. The number of hydrogen-bond donors (Lipinski definition) is 2. The molecule has 0 aliphatic heterocycles. The normalized spacial score (nSPS) is 19.6. The van der Waals surface area contributed by atoms with Crippen LogP contribution >= 0.6 is 0 Å². The maximum atomic E-state index is 11.4. The van der Waals surface area contributed by atoms with Crippen LogP contribution in [0.3, 0.4) is 0 Å². The lowest BCUT2D eigenvalue weighted by Gasteiger charge is -2.17. The Bertz CT molecular complexity index is 213. The molecule has 0 saturated heterocycles. The van der Waals surface area contributed by atoms with Crippen LogP contribution in [0, 0.1) is 0 Å². The SMILES string of the molecule is CO[C@@H](C)C(=O)NCCNC1CCCCCC1. The van der Waals surface area contributed by atoms with E-state index in [1.165, 1.54) is 38.5 Å². The third-order valence-corrected chi connectivity index (χ3v) is 3.44. The van der Waals surface area contributed by atoms with E-state index >= 15 is 0 Å². The molecule has 1 saturated carbocycles. The van der Waals surface area contributed by atoms with Crippen LogP contribution in [0.4, 0.5) is 0 Å². The van der Waals surface area contributed by atoms with Crippen LogP contribution in [0.15, 0.2) is 0 Å². The minimum absolute atomic E-state index is 0.0323. The summed E-state index contributed by atoms with van der Waals surface area (Å²) in [5, 5.41) is 6.38. The lowest BCUT2D eigenvalue weighted by atomic mass is 10.1. The Hall–Kier alpha value is -0.610. The number of nitrogens with one attached hydrogen (secondary N) is 2. The molecule has 0 aromatic rings. The molecule has 1 aliphatic carbocycles. The predicted molar refractivity (Wildman–Crippen MR) is 69.0 cm³/mol. The average Bonchev–Trinajstić information content (AvgIpc) is 2.61. The van der Waals surface area contributed by atoms with Gasteiger partial charge in [-0.15, -0.1) is 0 Å². The summed E-state index contributed by atoms with van der Waals surface area (Å²) >= 11 is 0. The van der Waals surface area contributed by atoms with Gasteiger partial charge in [0.05, 0.1) is 0 Å². The lowest BCUT2D eigenvalue weighted by molar-refractivity contribution is -0.129. The Balaban J connectivity index is 2.04. The fourth-order valence-electron chi connectivity index (χ4n) is 2.20. The summed E-state index contributed by atoms with van der Waals surface area (Å²) in [6, 6.07) is 0.647. The molecule has 0 radical (unpaired) electrons. The maximum Gasteiger partial charge on any atom is 0.248 e. The number of carbonyl (C=O) groups is 1. The smallest absolute Gasteiger partial charge is 0.248 e. The van der Waals surface area contributed by atoms with Crippen LogP contribution in [0.5, 0.6) is 0 Å². The van der Waals surface area contributed by atoms with Gasteiger partial charge in [0.1, 0.15) is 6.10 Å². The fraction of sp³-hybridized carbons (Fsp3) is 0.923. The molecule has 1 amide bonds. The number of methoxy groups -OCH3 is 1. The highest BCUT2D eigenvalue weighted by molar-refractivity contribution is 5.80. The molecule has 1 aliphatic rings. The second-order valence-electron chi connectivity index (χ2n) is 4.81. The molecular formula is C13H26N2O2. The van der Waals surface area contributed by atoms with Gasteiger partial charge >= 0.3 is 0 Å². The van der Waals surface area contributed by atoms with Crippen molar-refractivity contribution in [1.29, 1.82) is 0 Å². The van der Waals surface area contributed by atoms with Crippen LogP contribution in [-0.2, 0) is 9.53 Å². The molecule has 4 nitrogen and oxygen atoms in total. The van der Waals surface area contributed by atoms with Crippen molar-refractivity contribution in [3.8, 4) is 0 Å². The van der Waals surface area contributed by atoms with Crippen molar-refractivity contribution >= 4 is 5.91 Å². The summed E-state index contributed by atoms with van der Waals surface area (Å²) in [7, 11) is 1.55. The van der Waals surface area contributed by atoms with Crippen LogP contribution in [0.1, 0.15) is 45.4 Å². The zero-order valence-electron chi connectivity index (χ0n) is 11.1. The Kier molecular flexibility index (Phi) is 7.21. The number of ether oxygens (including phenoxy) is 1. The molecule has 1 atom stereocenters. The largest absolute Gasteiger partial charge is 0.372 e. The first-order chi connectivity index (χ1) is 8.24. The average molecular weight is 242 g/mol. The van der Waals surface area contributed by atoms with Gasteiger partial charge in [-0.05, 0) is 19.8 Å². The molecule has 0 unspecified atom stereocenters. The summed E-state index contributed by atoms with van der Waals surface area (Å²) in [5.41, 5.74) is 0. The molecule has 0 aromatic carbocycles. The quantitative estimate of drug-likeness (QED) is 0.547. The Morgan fingerprint density at radius 1 is 1.24 bits per heavy atom. The van der Waals surface area contributed by atoms with E-state index < -0.39 is 0 Å². The molecule has 0 bridgehead atoms. The minimum Gasteiger partial charge on any atom is -0.372 e. The van der Waals surface area contributed by atoms with Gasteiger partial charge in [-0.2, -0.15) is 0 Å². The monoisotopic (exact) mass is 242 g/mol. The van der Waals surface area contributed by atoms with Gasteiger partial charge in [-0.3, -0.25) is 4.79 Å². The van der Waals surface area contributed by atoms with E-state index in [2.05, 4.69) is 10.6 Å². The van der Waals surface area contributed by atoms with Gasteiger partial charge in [0.15, 0.2) is 0 Å². The number of hydrogen-bond acceptors (Lipinski definition) is 3. The van der Waals surface area contributed by atoms with Crippen molar-refractivity contribution in [1.82, 2.24) is 10.6 Å². The van der Waals surface area contributed by atoms with Crippen molar-refractivity contribution in [2.24, 2.45) is 0 Å². The van der Waals surface area contributed by atoms with E-state index in [1.54, 1.807) is 14.0 Å². The first kappa shape index (κ1) is 14.5. The zero-order chi connectivity index (χ0) is 12.5. The van der Waals surface area contributed by atoms with Crippen molar-refractivity contribution in [3.05, 3.63) is 0 Å². The van der Waals surface area contributed by atoms with Crippen LogP contribution in [0.2, 0.25) is 0 Å². The summed E-state index contributed by atoms with van der Waals surface area (Å²) in [6.07, 6.45) is 7.63. The third kappa shape index (κ3) is 6.03. The van der Waals surface area contributed by atoms with E-state index in [1.807, 2.05) is 0 Å². The molecule has 1 fully saturated rings. The lowest BCUT2D eigenvalue weighted by Crippen LogP contribution is -2.40. The summed E-state index contributed by atoms with van der Waals surface area (Å²) < 4.78 is 4.94. The summed E-state index contributed by atoms with van der Waals surface area (Å²) in [6.45, 7) is 3.30. The van der Waals surface area contributed by atoms with Crippen molar-refractivity contribution in [2.75, 3.05) is 20.2 Å². The van der Waals surface area contributed by atoms with Crippen LogP contribution < -0.4 is 10.6 Å². The van der Waals surface area contributed by atoms with E-state index in [-0.39, 0.29) is 12.0 Å². The molecule has 4 heteroatoms. The highest BCUT2D eigenvalue weighted by Gasteiger charge is 2.12. The van der Waals surface area contributed by atoms with Crippen LogP contribution in [-0.4, -0.2) is 38.3 Å².